The van der Waals surface area contributed by atoms with Crippen LogP contribution in [0.4, 0.5) is 14.5 Å². The number of carbonyl (C=O) groups is 2. The van der Waals surface area contributed by atoms with Gasteiger partial charge in [0, 0.05) is 30.8 Å². The lowest BCUT2D eigenvalue weighted by Crippen LogP contribution is -2.38. The summed E-state index contributed by atoms with van der Waals surface area (Å²) >= 11 is 6.47. The number of nitrogens with zero attached hydrogens (tertiary/aromatic N) is 2. The van der Waals surface area contributed by atoms with Gasteiger partial charge in [0.25, 0.3) is 5.91 Å². The predicted molar refractivity (Wildman–Crippen MR) is 123 cm³/mol. The zero-order valence-corrected chi connectivity index (χ0v) is 18.7. The molecule has 5 nitrogen and oxygen atoms in total. The topological polar surface area (TPSA) is 62.3 Å². The maximum atomic E-state index is 14.3. The van der Waals surface area contributed by atoms with Gasteiger partial charge in [-0.25, -0.2) is 0 Å². The van der Waals surface area contributed by atoms with E-state index in [1.165, 1.54) is 43.5 Å². The summed E-state index contributed by atoms with van der Waals surface area (Å²) in [4.78, 5) is 30.3. The van der Waals surface area contributed by atoms with Crippen molar-refractivity contribution in [3.8, 4) is 11.3 Å². The summed E-state index contributed by atoms with van der Waals surface area (Å²) in [5.74, 6) is -0.495. The third kappa shape index (κ3) is 5.37. The Morgan fingerprint density at radius 2 is 1.85 bits per heavy atom. The quantitative estimate of drug-likeness (QED) is 0.455. The number of amides is 2. The molecule has 0 aliphatic heterocycles. The monoisotopic (exact) mass is 469 g/mol. The van der Waals surface area contributed by atoms with Crippen LogP contribution in [0.1, 0.15) is 35.7 Å². The van der Waals surface area contributed by atoms with Gasteiger partial charge in [-0.1, -0.05) is 48.0 Å². The first-order valence-electron chi connectivity index (χ1n) is 10.5. The number of benzene rings is 2. The van der Waals surface area contributed by atoms with Crippen LogP contribution < -0.4 is 10.2 Å². The fourth-order valence-electron chi connectivity index (χ4n) is 3.47. The zero-order chi connectivity index (χ0) is 23.6. The highest BCUT2D eigenvalue weighted by Crippen LogP contribution is 2.35. The minimum Gasteiger partial charge on any atom is -0.311 e. The van der Waals surface area contributed by atoms with Gasteiger partial charge in [0.1, 0.15) is 0 Å². The van der Waals surface area contributed by atoms with Gasteiger partial charge in [0.15, 0.2) is 0 Å². The van der Waals surface area contributed by atoms with E-state index >= 15 is 0 Å². The highest BCUT2D eigenvalue weighted by molar-refractivity contribution is 6.34. The second kappa shape index (κ2) is 9.27. The summed E-state index contributed by atoms with van der Waals surface area (Å²) in [6, 6.07) is 11.8. The van der Waals surface area contributed by atoms with Gasteiger partial charge in [-0.2, -0.15) is 8.78 Å². The van der Waals surface area contributed by atoms with Crippen molar-refractivity contribution >= 4 is 29.1 Å². The average molecular weight is 470 g/mol. The highest BCUT2D eigenvalue weighted by atomic mass is 35.5. The number of alkyl halides is 2. The van der Waals surface area contributed by atoms with Gasteiger partial charge >= 0.3 is 6.05 Å². The van der Waals surface area contributed by atoms with E-state index in [-0.39, 0.29) is 17.0 Å². The van der Waals surface area contributed by atoms with Crippen molar-refractivity contribution in [2.45, 2.75) is 25.8 Å². The normalized spacial score (nSPS) is 13.5. The summed E-state index contributed by atoms with van der Waals surface area (Å²) in [5.41, 5.74) is 1.54. The van der Waals surface area contributed by atoms with Crippen molar-refractivity contribution in [3.63, 3.8) is 0 Å². The van der Waals surface area contributed by atoms with Gasteiger partial charge < -0.3 is 4.90 Å². The van der Waals surface area contributed by atoms with Gasteiger partial charge in [0.05, 0.1) is 22.0 Å². The Bertz CT molecular complexity index is 1170. The second-order valence-electron chi connectivity index (χ2n) is 8.07. The van der Waals surface area contributed by atoms with Crippen molar-refractivity contribution in [1.82, 2.24) is 10.3 Å². The predicted octanol–water partition coefficient (Wildman–Crippen LogP) is 5.64. The van der Waals surface area contributed by atoms with E-state index in [1.54, 1.807) is 40.5 Å². The van der Waals surface area contributed by atoms with E-state index in [4.69, 9.17) is 11.6 Å². The molecule has 1 saturated carbocycles. The lowest BCUT2D eigenvalue weighted by molar-refractivity contribution is -0.116. The fourth-order valence-corrected chi connectivity index (χ4v) is 3.76. The van der Waals surface area contributed by atoms with Crippen LogP contribution in [-0.4, -0.2) is 23.3 Å². The molecule has 3 aromatic rings. The van der Waals surface area contributed by atoms with E-state index in [2.05, 4.69) is 4.98 Å². The van der Waals surface area contributed by atoms with Crippen molar-refractivity contribution < 1.29 is 18.4 Å². The highest BCUT2D eigenvalue weighted by Gasteiger charge is 2.33. The van der Waals surface area contributed by atoms with Gasteiger partial charge in [-0.15, -0.1) is 0 Å². The molecule has 0 spiro atoms. The third-order valence-corrected chi connectivity index (χ3v) is 5.79. The zero-order valence-electron chi connectivity index (χ0n) is 17.9. The maximum absolute atomic E-state index is 14.3. The molecule has 2 amide bonds. The Balaban J connectivity index is 1.49. The number of nitrogens with one attached hydrogen (secondary N) is 1. The Hall–Kier alpha value is -3.32. The Labute approximate surface area is 195 Å². The molecule has 0 saturated heterocycles. The molecule has 170 valence electrons. The van der Waals surface area contributed by atoms with Crippen LogP contribution in [0.3, 0.4) is 0 Å². The molecule has 0 bridgehead atoms. The number of pyridine rings is 1. The number of hydrogen-bond donors (Lipinski definition) is 1. The van der Waals surface area contributed by atoms with Crippen molar-refractivity contribution in [3.05, 3.63) is 83.0 Å². The molecule has 33 heavy (non-hydrogen) atoms. The number of carbonyl (C=O) groups excluding carboxylic acids is 2. The molecule has 2 aromatic carbocycles. The molecule has 1 heterocycles. The molecule has 1 aliphatic rings. The van der Waals surface area contributed by atoms with Gasteiger partial charge in [-0.3, -0.25) is 19.9 Å². The first-order chi connectivity index (χ1) is 15.7. The molecule has 1 aromatic heterocycles. The smallest absolute Gasteiger partial charge is 0.311 e. The van der Waals surface area contributed by atoms with Crippen LogP contribution in [-0.2, 0) is 10.8 Å². The van der Waals surface area contributed by atoms with Crippen molar-refractivity contribution in [2.75, 3.05) is 11.4 Å². The van der Waals surface area contributed by atoms with Crippen LogP contribution in [0.2, 0.25) is 5.02 Å². The molecule has 8 heteroatoms. The molecule has 1 aliphatic carbocycles. The molecule has 4 rings (SSSR count). The Kier molecular flexibility index (Phi) is 6.42. The average Bonchev–Trinajstić information content (AvgIpc) is 3.62. The third-order valence-electron chi connectivity index (χ3n) is 5.48. The van der Waals surface area contributed by atoms with E-state index in [9.17, 15) is 18.4 Å². The number of halogens is 3. The molecule has 0 radical (unpaired) electrons. The molecule has 1 fully saturated rings. The second-order valence-corrected chi connectivity index (χ2v) is 8.47. The van der Waals surface area contributed by atoms with Gasteiger partial charge in [0.2, 0.25) is 5.91 Å². The summed E-state index contributed by atoms with van der Waals surface area (Å²) in [6.07, 6.45) is 3.46. The van der Waals surface area contributed by atoms with Crippen molar-refractivity contribution in [2.24, 2.45) is 5.92 Å². The molecule has 0 atom stereocenters. The lowest BCUT2D eigenvalue weighted by atomic mass is 10.1. The number of aromatic nitrogens is 1. The number of hydrogen-bond acceptors (Lipinski definition) is 3. The van der Waals surface area contributed by atoms with E-state index < -0.39 is 12.0 Å². The van der Waals surface area contributed by atoms with Crippen LogP contribution in [0.15, 0.2) is 66.9 Å². The first kappa shape index (κ1) is 22.9. The van der Waals surface area contributed by atoms with Crippen LogP contribution >= 0.6 is 11.6 Å². The van der Waals surface area contributed by atoms with Gasteiger partial charge in [-0.05, 0) is 43.0 Å². The summed E-state index contributed by atoms with van der Waals surface area (Å²) in [5, 5.41) is 2.15. The first-order valence-corrected chi connectivity index (χ1v) is 10.9. The molecular weight excluding hydrogens is 448 g/mol. The van der Waals surface area contributed by atoms with E-state index in [0.29, 0.717) is 34.4 Å². The standard InChI is InChI=1S/C25H22ClF2N3O2/c1-16(32)31(15-17-7-8-17)23-12-10-18(13-21(23)26)22-11-9-19(14-29-22)24(33)30-25(27,28)20-5-3-2-4-6-20/h2-6,9-14,17H,7-8,15H2,1H3,(H,30,33). The fraction of sp³-hybridized carbons (Fsp3) is 0.240. The Morgan fingerprint density at radius 1 is 1.12 bits per heavy atom. The summed E-state index contributed by atoms with van der Waals surface area (Å²) in [7, 11) is 0. The number of rotatable bonds is 7. The van der Waals surface area contributed by atoms with E-state index in [0.717, 1.165) is 12.8 Å². The molecule has 1 N–H and O–H groups in total. The van der Waals surface area contributed by atoms with Crippen LogP contribution in [0, 0.1) is 5.92 Å². The van der Waals surface area contributed by atoms with Crippen molar-refractivity contribution in [1.29, 1.82) is 0 Å². The summed E-state index contributed by atoms with van der Waals surface area (Å²) in [6.45, 7) is 2.16. The van der Waals surface area contributed by atoms with Crippen LogP contribution in [0.5, 0.6) is 0 Å². The molecule has 0 unspecified atom stereocenters. The Morgan fingerprint density at radius 3 is 2.42 bits per heavy atom. The lowest BCUT2D eigenvalue weighted by Gasteiger charge is -2.22. The maximum Gasteiger partial charge on any atom is 0.352 e. The SMILES string of the molecule is CC(=O)N(CC1CC1)c1ccc(-c2ccc(C(=O)NC(F)(F)c3ccccc3)cn2)cc1Cl. The minimum atomic E-state index is -3.51. The largest absolute Gasteiger partial charge is 0.352 e. The minimum absolute atomic E-state index is 0.00395. The number of anilines is 1. The van der Waals surface area contributed by atoms with E-state index in [1.807, 2.05) is 0 Å². The van der Waals surface area contributed by atoms with Crippen LogP contribution in [0.25, 0.3) is 11.3 Å². The summed E-state index contributed by atoms with van der Waals surface area (Å²) < 4.78 is 28.7. The molecular formula is C25H22ClF2N3O2.